The molecule has 1 N–H and O–H groups in total. The summed E-state index contributed by atoms with van der Waals surface area (Å²) in [6, 6.07) is 11.5. The number of rotatable bonds is 7. The first kappa shape index (κ1) is 16.9. The van der Waals surface area contributed by atoms with Crippen molar-refractivity contribution in [2.45, 2.75) is 6.04 Å². The summed E-state index contributed by atoms with van der Waals surface area (Å²) in [5.41, 5.74) is 1.10. The van der Waals surface area contributed by atoms with Crippen molar-refractivity contribution in [2.24, 2.45) is 0 Å². The number of nitrogens with zero attached hydrogens (tertiary/aromatic N) is 1. The van der Waals surface area contributed by atoms with Crippen LogP contribution in [0.4, 0.5) is 0 Å². The third-order valence-corrected chi connectivity index (χ3v) is 4.96. The molecule has 1 aliphatic heterocycles. The molecule has 6 heteroatoms. The van der Waals surface area contributed by atoms with E-state index in [1.807, 2.05) is 48.2 Å². The van der Waals surface area contributed by atoms with Gasteiger partial charge < -0.3 is 14.5 Å². The van der Waals surface area contributed by atoms with Crippen LogP contribution in [0.1, 0.15) is 11.6 Å². The van der Waals surface area contributed by atoms with E-state index in [1.165, 1.54) is 0 Å². The van der Waals surface area contributed by atoms with Gasteiger partial charge in [0.05, 0.1) is 18.6 Å². The van der Waals surface area contributed by atoms with E-state index in [1.54, 1.807) is 12.5 Å². The minimum Gasteiger partial charge on any atom is -0.484 e. The lowest BCUT2D eigenvalue weighted by atomic mass is 10.1. The summed E-state index contributed by atoms with van der Waals surface area (Å²) in [7, 11) is 0. The highest BCUT2D eigenvalue weighted by atomic mass is 32.2. The molecule has 24 heavy (non-hydrogen) atoms. The molecular weight excluding hydrogens is 324 g/mol. The van der Waals surface area contributed by atoms with Gasteiger partial charge in [-0.2, -0.15) is 11.8 Å². The number of amides is 1. The van der Waals surface area contributed by atoms with Gasteiger partial charge in [-0.15, -0.1) is 0 Å². The van der Waals surface area contributed by atoms with E-state index in [0.717, 1.165) is 30.2 Å². The Bertz CT molecular complexity index is 612. The van der Waals surface area contributed by atoms with Gasteiger partial charge in [0.25, 0.3) is 5.91 Å². The Kier molecular flexibility index (Phi) is 6.20. The topological polar surface area (TPSA) is 54.7 Å². The van der Waals surface area contributed by atoms with E-state index in [0.29, 0.717) is 12.3 Å². The highest BCUT2D eigenvalue weighted by Crippen LogP contribution is 2.24. The highest BCUT2D eigenvalue weighted by Gasteiger charge is 2.23. The highest BCUT2D eigenvalue weighted by molar-refractivity contribution is 7.99. The summed E-state index contributed by atoms with van der Waals surface area (Å²) in [5.74, 6) is 2.84. The maximum atomic E-state index is 12.1. The first-order valence-electron chi connectivity index (χ1n) is 8.11. The van der Waals surface area contributed by atoms with Crippen molar-refractivity contribution in [2.75, 3.05) is 37.7 Å². The van der Waals surface area contributed by atoms with Gasteiger partial charge in [0, 0.05) is 36.7 Å². The number of carbonyl (C=O) groups is 1. The molecule has 1 aromatic heterocycles. The molecule has 0 bridgehead atoms. The van der Waals surface area contributed by atoms with Crippen molar-refractivity contribution < 1.29 is 13.9 Å². The maximum Gasteiger partial charge on any atom is 0.258 e. The molecule has 1 fully saturated rings. The van der Waals surface area contributed by atoms with Crippen LogP contribution in [-0.2, 0) is 4.79 Å². The minimum atomic E-state index is -0.112. The van der Waals surface area contributed by atoms with E-state index in [9.17, 15) is 4.79 Å². The second kappa shape index (κ2) is 8.80. The molecule has 0 spiro atoms. The van der Waals surface area contributed by atoms with Gasteiger partial charge >= 0.3 is 0 Å². The zero-order chi connectivity index (χ0) is 16.6. The van der Waals surface area contributed by atoms with Crippen LogP contribution >= 0.6 is 11.8 Å². The van der Waals surface area contributed by atoms with Crippen molar-refractivity contribution in [3.8, 4) is 5.75 Å². The van der Waals surface area contributed by atoms with Gasteiger partial charge in [-0.05, 0) is 18.2 Å². The number of furan rings is 1. The fourth-order valence-electron chi connectivity index (χ4n) is 2.74. The molecule has 0 unspecified atom stereocenters. The average Bonchev–Trinajstić information content (AvgIpc) is 3.16. The molecule has 2 heterocycles. The standard InChI is InChI=1S/C18H22N2O3S/c21-18(14-23-16-4-2-1-3-5-16)19-12-17(15-6-9-22-13-15)20-7-10-24-11-8-20/h1-6,9,13,17H,7-8,10-12,14H2,(H,19,21)/t17-/m1/s1. The van der Waals surface area contributed by atoms with Crippen LogP contribution in [0.2, 0.25) is 0 Å². The minimum absolute atomic E-state index is 0.0258. The normalized spacial score (nSPS) is 16.5. The predicted molar refractivity (Wildman–Crippen MR) is 95.3 cm³/mol. The summed E-state index contributed by atoms with van der Waals surface area (Å²) < 4.78 is 10.7. The maximum absolute atomic E-state index is 12.1. The molecule has 5 nitrogen and oxygen atoms in total. The lowest BCUT2D eigenvalue weighted by molar-refractivity contribution is -0.123. The number of benzene rings is 1. The number of nitrogens with one attached hydrogen (secondary N) is 1. The van der Waals surface area contributed by atoms with Crippen LogP contribution in [0.5, 0.6) is 5.75 Å². The van der Waals surface area contributed by atoms with Crippen LogP contribution in [0.3, 0.4) is 0 Å². The van der Waals surface area contributed by atoms with E-state index in [2.05, 4.69) is 10.2 Å². The average molecular weight is 346 g/mol. The van der Waals surface area contributed by atoms with Crippen LogP contribution in [0.15, 0.2) is 53.3 Å². The summed E-state index contributed by atoms with van der Waals surface area (Å²) in [5, 5.41) is 2.98. The molecule has 1 aromatic carbocycles. The number of para-hydroxylation sites is 1. The molecule has 0 saturated carbocycles. The first-order valence-corrected chi connectivity index (χ1v) is 9.27. The Balaban J connectivity index is 1.52. The van der Waals surface area contributed by atoms with Gasteiger partial charge in [-0.25, -0.2) is 0 Å². The summed E-state index contributed by atoms with van der Waals surface area (Å²) >= 11 is 1.97. The summed E-state index contributed by atoms with van der Waals surface area (Å²) in [6.45, 7) is 2.63. The monoisotopic (exact) mass is 346 g/mol. The number of carbonyl (C=O) groups excluding carboxylic acids is 1. The molecule has 3 rings (SSSR count). The number of hydrogen-bond donors (Lipinski definition) is 1. The fraction of sp³-hybridized carbons (Fsp3) is 0.389. The third kappa shape index (κ3) is 4.79. The predicted octanol–water partition coefficient (Wildman–Crippen LogP) is 2.56. The van der Waals surface area contributed by atoms with Gasteiger partial charge in [-0.1, -0.05) is 18.2 Å². The molecule has 0 aliphatic carbocycles. The van der Waals surface area contributed by atoms with Crippen molar-refractivity contribution in [1.82, 2.24) is 10.2 Å². The van der Waals surface area contributed by atoms with Crippen LogP contribution in [0, 0.1) is 0 Å². The Labute approximate surface area is 146 Å². The van der Waals surface area contributed by atoms with Gasteiger partial charge in [0.15, 0.2) is 6.61 Å². The molecule has 2 aromatic rings. The smallest absolute Gasteiger partial charge is 0.258 e. The lowest BCUT2D eigenvalue weighted by Crippen LogP contribution is -2.42. The molecule has 1 aliphatic rings. The van der Waals surface area contributed by atoms with E-state index in [4.69, 9.17) is 9.15 Å². The third-order valence-electron chi connectivity index (χ3n) is 4.02. The zero-order valence-corrected chi connectivity index (χ0v) is 14.3. The number of hydrogen-bond acceptors (Lipinski definition) is 5. The second-order valence-corrected chi connectivity index (χ2v) is 6.85. The summed E-state index contributed by atoms with van der Waals surface area (Å²) in [6.07, 6.45) is 3.44. The van der Waals surface area contributed by atoms with Crippen molar-refractivity contribution >= 4 is 17.7 Å². The SMILES string of the molecule is O=C(COc1ccccc1)NC[C@H](c1ccoc1)N1CCSCC1. The number of ether oxygens (including phenoxy) is 1. The number of thioether (sulfide) groups is 1. The zero-order valence-electron chi connectivity index (χ0n) is 13.5. The molecule has 1 atom stereocenters. The largest absolute Gasteiger partial charge is 0.484 e. The fourth-order valence-corrected chi connectivity index (χ4v) is 3.67. The summed E-state index contributed by atoms with van der Waals surface area (Å²) in [4.78, 5) is 14.5. The van der Waals surface area contributed by atoms with Crippen molar-refractivity contribution in [1.29, 1.82) is 0 Å². The lowest BCUT2D eigenvalue weighted by Gasteiger charge is -2.33. The van der Waals surface area contributed by atoms with E-state index >= 15 is 0 Å². The Morgan fingerprint density at radius 1 is 1.25 bits per heavy atom. The Morgan fingerprint density at radius 2 is 2.04 bits per heavy atom. The van der Waals surface area contributed by atoms with Crippen LogP contribution in [-0.4, -0.2) is 48.6 Å². The molecular formula is C18H22N2O3S. The second-order valence-electron chi connectivity index (χ2n) is 5.63. The quantitative estimate of drug-likeness (QED) is 0.835. The molecule has 1 amide bonds. The van der Waals surface area contributed by atoms with Crippen LogP contribution < -0.4 is 10.1 Å². The van der Waals surface area contributed by atoms with Gasteiger partial charge in [0.1, 0.15) is 5.75 Å². The Hall–Kier alpha value is -1.92. The molecule has 128 valence electrons. The van der Waals surface area contributed by atoms with Crippen molar-refractivity contribution in [3.05, 3.63) is 54.5 Å². The Morgan fingerprint density at radius 3 is 2.75 bits per heavy atom. The van der Waals surface area contributed by atoms with E-state index < -0.39 is 0 Å². The first-order chi connectivity index (χ1) is 11.8. The molecule has 1 saturated heterocycles. The van der Waals surface area contributed by atoms with Crippen LogP contribution in [0.25, 0.3) is 0 Å². The van der Waals surface area contributed by atoms with Gasteiger partial charge in [0.2, 0.25) is 0 Å². The van der Waals surface area contributed by atoms with E-state index in [-0.39, 0.29) is 18.6 Å². The molecule has 0 radical (unpaired) electrons. The van der Waals surface area contributed by atoms with Gasteiger partial charge in [-0.3, -0.25) is 9.69 Å². The van der Waals surface area contributed by atoms with Crippen molar-refractivity contribution in [3.63, 3.8) is 0 Å².